The fourth-order valence-corrected chi connectivity index (χ4v) is 6.13. The van der Waals surface area contributed by atoms with Crippen LogP contribution in [0.4, 0.5) is 19.1 Å². The molecule has 3 fully saturated rings. The topological polar surface area (TPSA) is 69.6 Å². The maximum atomic E-state index is 13.6. The van der Waals surface area contributed by atoms with Crippen LogP contribution in [0.1, 0.15) is 49.7 Å². The second-order valence-electron chi connectivity index (χ2n) is 11.6. The number of amides is 2. The Balaban J connectivity index is 1.29. The SMILES string of the molecule is CN(C[C@H]1CN(C(=O)C2CCN(C(=O)C3(C)CC3)CC2)CC1c1ccc(Cl)c(Cl)c1)c1ncc(C(F)(F)F)cn1. The van der Waals surface area contributed by atoms with E-state index in [9.17, 15) is 22.8 Å². The molecule has 12 heteroatoms. The van der Waals surface area contributed by atoms with Gasteiger partial charge in [0.05, 0.1) is 15.6 Å². The third-order valence-electron chi connectivity index (χ3n) is 8.59. The van der Waals surface area contributed by atoms with Gasteiger partial charge in [-0.05, 0) is 43.4 Å². The van der Waals surface area contributed by atoms with Crippen molar-refractivity contribution in [2.24, 2.45) is 17.3 Å². The predicted molar refractivity (Wildman–Crippen MR) is 146 cm³/mol. The highest BCUT2D eigenvalue weighted by molar-refractivity contribution is 6.42. The minimum absolute atomic E-state index is 0.0476. The van der Waals surface area contributed by atoms with E-state index in [1.54, 1.807) is 18.0 Å². The van der Waals surface area contributed by atoms with Gasteiger partial charge in [0.1, 0.15) is 0 Å². The summed E-state index contributed by atoms with van der Waals surface area (Å²) in [7, 11) is 1.73. The Labute approximate surface area is 241 Å². The molecule has 2 aliphatic heterocycles. The zero-order chi connectivity index (χ0) is 28.8. The van der Waals surface area contributed by atoms with Gasteiger partial charge in [-0.25, -0.2) is 9.97 Å². The number of halogens is 5. The van der Waals surface area contributed by atoms with Crippen molar-refractivity contribution in [2.45, 2.75) is 44.7 Å². The second kappa shape index (κ2) is 11.0. The molecule has 1 aromatic heterocycles. The van der Waals surface area contributed by atoms with E-state index in [1.807, 2.05) is 28.9 Å². The molecular weight excluding hydrogens is 566 g/mol. The number of hydrogen-bond acceptors (Lipinski definition) is 5. The molecule has 0 spiro atoms. The number of anilines is 1. The second-order valence-corrected chi connectivity index (χ2v) is 12.4. The predicted octanol–water partition coefficient (Wildman–Crippen LogP) is 5.52. The van der Waals surface area contributed by atoms with E-state index in [0.29, 0.717) is 55.6 Å². The van der Waals surface area contributed by atoms with Gasteiger partial charge < -0.3 is 14.7 Å². The fraction of sp³-hybridized carbons (Fsp3) is 0.571. The summed E-state index contributed by atoms with van der Waals surface area (Å²) in [5, 5.41) is 0.855. The molecule has 3 aliphatic rings. The van der Waals surface area contributed by atoms with Crippen LogP contribution in [0, 0.1) is 17.3 Å². The Morgan fingerprint density at radius 2 is 1.70 bits per heavy atom. The number of aromatic nitrogens is 2. The van der Waals surface area contributed by atoms with Crippen molar-refractivity contribution < 1.29 is 22.8 Å². The molecule has 5 rings (SSSR count). The van der Waals surface area contributed by atoms with Crippen LogP contribution in [-0.2, 0) is 15.8 Å². The van der Waals surface area contributed by atoms with Gasteiger partial charge in [0.15, 0.2) is 0 Å². The van der Waals surface area contributed by atoms with Gasteiger partial charge in [-0.15, -0.1) is 0 Å². The van der Waals surface area contributed by atoms with Crippen molar-refractivity contribution in [2.75, 3.05) is 44.7 Å². The third kappa shape index (κ3) is 6.03. The summed E-state index contributed by atoms with van der Waals surface area (Å²) >= 11 is 12.5. The van der Waals surface area contributed by atoms with E-state index in [0.717, 1.165) is 30.8 Å². The highest BCUT2D eigenvalue weighted by atomic mass is 35.5. The zero-order valence-corrected chi connectivity index (χ0v) is 23.9. The molecule has 7 nitrogen and oxygen atoms in total. The lowest BCUT2D eigenvalue weighted by atomic mass is 9.88. The number of rotatable bonds is 6. The highest BCUT2D eigenvalue weighted by Gasteiger charge is 2.48. The lowest BCUT2D eigenvalue weighted by Gasteiger charge is -2.34. The minimum Gasteiger partial charge on any atom is -0.344 e. The highest BCUT2D eigenvalue weighted by Crippen LogP contribution is 2.47. The molecule has 2 amide bonds. The molecule has 40 heavy (non-hydrogen) atoms. The third-order valence-corrected chi connectivity index (χ3v) is 9.33. The van der Waals surface area contributed by atoms with Crippen molar-refractivity contribution in [1.82, 2.24) is 19.8 Å². The van der Waals surface area contributed by atoms with Gasteiger partial charge in [0, 0.05) is 75.3 Å². The molecule has 0 radical (unpaired) electrons. The molecule has 1 aromatic carbocycles. The van der Waals surface area contributed by atoms with Crippen LogP contribution in [0.25, 0.3) is 0 Å². The first-order valence-corrected chi connectivity index (χ1v) is 14.2. The van der Waals surface area contributed by atoms with Gasteiger partial charge in [-0.3, -0.25) is 9.59 Å². The number of benzene rings is 1. The first-order valence-electron chi connectivity index (χ1n) is 13.5. The van der Waals surface area contributed by atoms with Crippen LogP contribution in [-0.4, -0.2) is 71.4 Å². The summed E-state index contributed by atoms with van der Waals surface area (Å²) in [5.74, 6) is 0.187. The summed E-state index contributed by atoms with van der Waals surface area (Å²) < 4.78 is 38.9. The number of likely N-dealkylation sites (tertiary alicyclic amines) is 2. The Kier molecular flexibility index (Phi) is 7.96. The largest absolute Gasteiger partial charge is 0.419 e. The first kappa shape index (κ1) is 28.9. The van der Waals surface area contributed by atoms with Crippen LogP contribution >= 0.6 is 23.2 Å². The molecule has 216 valence electrons. The van der Waals surface area contributed by atoms with Crippen LogP contribution < -0.4 is 4.90 Å². The standard InChI is InChI=1S/C28H32Cl2F3N5O2/c1-27(7-8-27)25(40)37-9-5-17(6-10-37)24(39)38-15-19(21(16-38)18-3-4-22(29)23(30)11-18)14-36(2)26-34-12-20(13-35-26)28(31,32)33/h3-4,11-13,17,19,21H,5-10,14-16H2,1-2H3/t19-,21?/m0/s1. The summed E-state index contributed by atoms with van der Waals surface area (Å²) in [6.45, 7) is 4.57. The molecular formula is C28H32Cl2F3N5O2. The quantitative estimate of drug-likeness (QED) is 0.438. The van der Waals surface area contributed by atoms with Crippen molar-refractivity contribution in [1.29, 1.82) is 0 Å². The molecule has 2 atom stereocenters. The molecule has 3 heterocycles. The molecule has 2 aromatic rings. The first-order chi connectivity index (χ1) is 18.9. The number of hydrogen-bond donors (Lipinski definition) is 0. The fourth-order valence-electron chi connectivity index (χ4n) is 5.83. The average molecular weight is 598 g/mol. The molecule has 1 aliphatic carbocycles. The van der Waals surface area contributed by atoms with Gasteiger partial charge in [0.2, 0.25) is 17.8 Å². The average Bonchev–Trinajstić information content (AvgIpc) is 3.55. The van der Waals surface area contributed by atoms with Crippen molar-refractivity contribution in [3.05, 3.63) is 51.8 Å². The molecule has 1 saturated carbocycles. The number of nitrogens with zero attached hydrogens (tertiary/aromatic N) is 5. The molecule has 0 bridgehead atoms. The van der Waals surface area contributed by atoms with Gasteiger partial charge >= 0.3 is 6.18 Å². The van der Waals surface area contributed by atoms with E-state index in [4.69, 9.17) is 23.2 Å². The lowest BCUT2D eigenvalue weighted by molar-refractivity contribution is -0.142. The number of carbonyl (C=O) groups excluding carboxylic acids is 2. The van der Waals surface area contributed by atoms with E-state index in [-0.39, 0.29) is 40.9 Å². The van der Waals surface area contributed by atoms with Crippen LogP contribution in [0.3, 0.4) is 0 Å². The molecule has 2 saturated heterocycles. The van der Waals surface area contributed by atoms with Crippen molar-refractivity contribution in [3.8, 4) is 0 Å². The Hall–Kier alpha value is -2.59. The van der Waals surface area contributed by atoms with Crippen LogP contribution in [0.2, 0.25) is 10.0 Å². The van der Waals surface area contributed by atoms with Gasteiger partial charge in [-0.1, -0.05) is 36.2 Å². The van der Waals surface area contributed by atoms with E-state index in [2.05, 4.69) is 9.97 Å². The normalized spacial score (nSPS) is 22.9. The van der Waals surface area contributed by atoms with Crippen molar-refractivity contribution >= 4 is 41.0 Å². The van der Waals surface area contributed by atoms with E-state index >= 15 is 0 Å². The van der Waals surface area contributed by atoms with E-state index in [1.165, 1.54) is 0 Å². The monoisotopic (exact) mass is 597 g/mol. The molecule has 0 N–H and O–H groups in total. The molecule has 1 unspecified atom stereocenters. The van der Waals surface area contributed by atoms with Crippen LogP contribution in [0.5, 0.6) is 0 Å². The number of piperidine rings is 1. The maximum absolute atomic E-state index is 13.6. The number of carbonyl (C=O) groups is 2. The van der Waals surface area contributed by atoms with Gasteiger partial charge in [-0.2, -0.15) is 13.2 Å². The van der Waals surface area contributed by atoms with Crippen LogP contribution in [0.15, 0.2) is 30.6 Å². The summed E-state index contributed by atoms with van der Waals surface area (Å²) in [5.41, 5.74) is -0.181. The summed E-state index contributed by atoms with van der Waals surface area (Å²) in [4.78, 5) is 39.7. The summed E-state index contributed by atoms with van der Waals surface area (Å²) in [6, 6.07) is 5.44. The smallest absolute Gasteiger partial charge is 0.344 e. The van der Waals surface area contributed by atoms with Crippen molar-refractivity contribution in [3.63, 3.8) is 0 Å². The maximum Gasteiger partial charge on any atom is 0.419 e. The zero-order valence-electron chi connectivity index (χ0n) is 22.4. The Morgan fingerprint density at radius 3 is 2.27 bits per heavy atom. The lowest BCUT2D eigenvalue weighted by Crippen LogP contribution is -2.46. The number of alkyl halides is 3. The van der Waals surface area contributed by atoms with Gasteiger partial charge in [0.25, 0.3) is 0 Å². The summed E-state index contributed by atoms with van der Waals surface area (Å²) in [6.07, 6.45) is 0.184. The Bertz CT molecular complexity index is 1260. The minimum atomic E-state index is -4.51. The van der Waals surface area contributed by atoms with E-state index < -0.39 is 11.7 Å². The Morgan fingerprint density at radius 1 is 1.05 bits per heavy atom.